The first-order valence-corrected chi connectivity index (χ1v) is 5.99. The summed E-state index contributed by atoms with van der Waals surface area (Å²) in [7, 11) is 0. The first-order valence-electron chi connectivity index (χ1n) is 5.23. The number of nitrogens with one attached hydrogen (secondary N) is 1. The van der Waals surface area contributed by atoms with E-state index < -0.39 is 5.82 Å². The molecular formula is C12H10Cl2FN3. The van der Waals surface area contributed by atoms with Crippen molar-refractivity contribution in [2.45, 2.75) is 13.5 Å². The molecular weight excluding hydrogens is 276 g/mol. The van der Waals surface area contributed by atoms with Crippen LogP contribution >= 0.6 is 23.2 Å². The molecule has 1 aromatic heterocycles. The molecule has 3 nitrogen and oxygen atoms in total. The molecule has 6 heteroatoms. The van der Waals surface area contributed by atoms with Gasteiger partial charge in [0.2, 0.25) is 5.28 Å². The first kappa shape index (κ1) is 13.1. The van der Waals surface area contributed by atoms with Gasteiger partial charge in [-0.05, 0) is 36.2 Å². The quantitative estimate of drug-likeness (QED) is 0.871. The molecule has 1 heterocycles. The fourth-order valence-electron chi connectivity index (χ4n) is 1.43. The lowest BCUT2D eigenvalue weighted by molar-refractivity contribution is 0.627. The molecule has 94 valence electrons. The van der Waals surface area contributed by atoms with E-state index in [1.807, 2.05) is 6.92 Å². The van der Waals surface area contributed by atoms with Gasteiger partial charge in [0.25, 0.3) is 0 Å². The molecule has 0 unspecified atom stereocenters. The van der Waals surface area contributed by atoms with Crippen LogP contribution in [0.1, 0.15) is 11.1 Å². The van der Waals surface area contributed by atoms with Crippen LogP contribution in [-0.2, 0) is 6.54 Å². The van der Waals surface area contributed by atoms with Gasteiger partial charge in [0.05, 0.1) is 5.02 Å². The predicted molar refractivity (Wildman–Crippen MR) is 70.5 cm³/mol. The minimum absolute atomic E-state index is 0.103. The van der Waals surface area contributed by atoms with Crippen LogP contribution in [0.15, 0.2) is 24.4 Å². The van der Waals surface area contributed by atoms with E-state index in [1.165, 1.54) is 6.07 Å². The molecule has 1 aromatic carbocycles. The number of nitrogens with zero attached hydrogens (tertiary/aromatic N) is 2. The molecule has 0 radical (unpaired) electrons. The zero-order valence-corrected chi connectivity index (χ0v) is 11.1. The van der Waals surface area contributed by atoms with Crippen molar-refractivity contribution in [2.75, 3.05) is 5.32 Å². The Balaban J connectivity index is 2.11. The topological polar surface area (TPSA) is 37.8 Å². The van der Waals surface area contributed by atoms with Gasteiger partial charge in [0.1, 0.15) is 11.6 Å². The van der Waals surface area contributed by atoms with Crippen LogP contribution in [-0.4, -0.2) is 9.97 Å². The Morgan fingerprint density at radius 2 is 2.11 bits per heavy atom. The fraction of sp³-hybridized carbons (Fsp3) is 0.167. The summed E-state index contributed by atoms with van der Waals surface area (Å²) >= 11 is 11.4. The Bertz CT molecular complexity index is 575. The van der Waals surface area contributed by atoms with Gasteiger partial charge in [0.15, 0.2) is 0 Å². The monoisotopic (exact) mass is 285 g/mol. The second-order valence-corrected chi connectivity index (χ2v) is 4.52. The Morgan fingerprint density at radius 1 is 1.33 bits per heavy atom. The van der Waals surface area contributed by atoms with Crippen LogP contribution in [0.4, 0.5) is 10.2 Å². The maximum atomic E-state index is 13.0. The lowest BCUT2D eigenvalue weighted by Crippen LogP contribution is -2.04. The van der Waals surface area contributed by atoms with Gasteiger partial charge < -0.3 is 5.32 Å². The van der Waals surface area contributed by atoms with Crippen molar-refractivity contribution < 1.29 is 4.39 Å². The number of aromatic nitrogens is 2. The van der Waals surface area contributed by atoms with Gasteiger partial charge in [-0.15, -0.1) is 0 Å². The van der Waals surface area contributed by atoms with Crippen molar-refractivity contribution in [2.24, 2.45) is 0 Å². The average molecular weight is 286 g/mol. The average Bonchev–Trinajstić information content (AvgIpc) is 2.34. The summed E-state index contributed by atoms with van der Waals surface area (Å²) in [5.74, 6) is 0.220. The number of anilines is 1. The molecule has 0 amide bonds. The lowest BCUT2D eigenvalue weighted by atomic mass is 10.2. The molecule has 0 saturated heterocycles. The van der Waals surface area contributed by atoms with Gasteiger partial charge >= 0.3 is 0 Å². The summed E-state index contributed by atoms with van der Waals surface area (Å²) in [5, 5.41) is 3.38. The highest BCUT2D eigenvalue weighted by Gasteiger charge is 2.04. The highest BCUT2D eigenvalue weighted by atomic mass is 35.5. The minimum Gasteiger partial charge on any atom is -0.366 e. The summed E-state index contributed by atoms with van der Waals surface area (Å²) in [6, 6.07) is 4.56. The summed E-state index contributed by atoms with van der Waals surface area (Å²) in [5.41, 5.74) is 1.74. The van der Waals surface area contributed by atoms with Gasteiger partial charge in [-0.25, -0.2) is 14.4 Å². The third kappa shape index (κ3) is 3.09. The Kier molecular flexibility index (Phi) is 3.99. The highest BCUT2D eigenvalue weighted by Crippen LogP contribution is 2.18. The maximum absolute atomic E-state index is 13.0. The molecule has 2 aromatic rings. The van der Waals surface area contributed by atoms with Gasteiger partial charge in [-0.2, -0.15) is 0 Å². The maximum Gasteiger partial charge on any atom is 0.224 e. The van der Waals surface area contributed by atoms with Gasteiger partial charge in [0, 0.05) is 18.3 Å². The van der Waals surface area contributed by atoms with Crippen LogP contribution in [0.5, 0.6) is 0 Å². The number of halogens is 3. The largest absolute Gasteiger partial charge is 0.366 e. The van der Waals surface area contributed by atoms with E-state index in [0.29, 0.717) is 12.4 Å². The Hall–Kier alpha value is -1.39. The Labute approximate surface area is 114 Å². The number of hydrogen-bond donors (Lipinski definition) is 1. The molecule has 0 aliphatic rings. The van der Waals surface area contributed by atoms with Gasteiger partial charge in [-0.3, -0.25) is 0 Å². The number of hydrogen-bond acceptors (Lipinski definition) is 3. The second kappa shape index (κ2) is 5.50. The van der Waals surface area contributed by atoms with E-state index >= 15 is 0 Å². The standard InChI is InChI=1S/C12H10Cl2FN3/c1-7-5-17-12(14)18-11(7)16-6-8-2-3-10(15)9(13)4-8/h2-5H,6H2,1H3,(H,16,17,18). The van der Waals surface area contributed by atoms with Crippen LogP contribution in [0.25, 0.3) is 0 Å². The molecule has 0 saturated carbocycles. The molecule has 0 fully saturated rings. The third-order valence-corrected chi connectivity index (χ3v) is 2.86. The van der Waals surface area contributed by atoms with Crippen LogP contribution in [0.2, 0.25) is 10.3 Å². The molecule has 0 aliphatic carbocycles. The molecule has 18 heavy (non-hydrogen) atoms. The van der Waals surface area contributed by atoms with Gasteiger partial charge in [-0.1, -0.05) is 17.7 Å². The minimum atomic E-state index is -0.429. The molecule has 0 atom stereocenters. The van der Waals surface area contributed by atoms with Crippen molar-refractivity contribution in [3.63, 3.8) is 0 Å². The van der Waals surface area contributed by atoms with Crippen molar-refractivity contribution >= 4 is 29.0 Å². The molecule has 0 spiro atoms. The summed E-state index contributed by atoms with van der Waals surface area (Å²) in [6.07, 6.45) is 1.63. The molecule has 2 rings (SSSR count). The predicted octanol–water partition coefficient (Wildman–Crippen LogP) is 3.84. The van der Waals surface area contributed by atoms with E-state index in [0.717, 1.165) is 11.1 Å². The second-order valence-electron chi connectivity index (χ2n) is 3.77. The van der Waals surface area contributed by atoms with E-state index in [1.54, 1.807) is 18.3 Å². The van der Waals surface area contributed by atoms with Crippen LogP contribution < -0.4 is 5.32 Å². The summed E-state index contributed by atoms with van der Waals surface area (Å²) in [4.78, 5) is 7.93. The van der Waals surface area contributed by atoms with E-state index in [-0.39, 0.29) is 10.3 Å². The van der Waals surface area contributed by atoms with Crippen molar-refractivity contribution in [1.29, 1.82) is 0 Å². The van der Waals surface area contributed by atoms with Crippen LogP contribution in [0.3, 0.4) is 0 Å². The zero-order valence-electron chi connectivity index (χ0n) is 9.54. The van der Waals surface area contributed by atoms with E-state index in [9.17, 15) is 4.39 Å². The molecule has 0 aliphatic heterocycles. The first-order chi connectivity index (χ1) is 8.56. The van der Waals surface area contributed by atoms with E-state index in [2.05, 4.69) is 15.3 Å². The third-order valence-electron chi connectivity index (χ3n) is 2.39. The summed E-state index contributed by atoms with van der Waals surface area (Å²) < 4.78 is 13.0. The zero-order chi connectivity index (χ0) is 13.1. The smallest absolute Gasteiger partial charge is 0.224 e. The van der Waals surface area contributed by atoms with Crippen molar-refractivity contribution in [1.82, 2.24) is 9.97 Å². The highest BCUT2D eigenvalue weighted by molar-refractivity contribution is 6.30. The number of rotatable bonds is 3. The lowest BCUT2D eigenvalue weighted by Gasteiger charge is -2.08. The Morgan fingerprint density at radius 3 is 2.83 bits per heavy atom. The van der Waals surface area contributed by atoms with Crippen LogP contribution in [0, 0.1) is 12.7 Å². The van der Waals surface area contributed by atoms with E-state index in [4.69, 9.17) is 23.2 Å². The number of benzene rings is 1. The number of aryl methyl sites for hydroxylation is 1. The summed E-state index contributed by atoms with van der Waals surface area (Å²) in [6.45, 7) is 2.35. The molecule has 0 bridgehead atoms. The SMILES string of the molecule is Cc1cnc(Cl)nc1NCc1ccc(F)c(Cl)c1. The molecule has 1 N–H and O–H groups in total. The van der Waals surface area contributed by atoms with Crippen molar-refractivity contribution in [3.8, 4) is 0 Å². The van der Waals surface area contributed by atoms with Crippen molar-refractivity contribution in [3.05, 3.63) is 51.6 Å². The normalized spacial score (nSPS) is 10.4. The fourth-order valence-corrected chi connectivity index (χ4v) is 1.77.